The molecule has 0 aliphatic heterocycles. The number of nitrogens with one attached hydrogen (secondary N) is 1. The fourth-order valence-electron chi connectivity index (χ4n) is 1.06. The van der Waals surface area contributed by atoms with E-state index in [2.05, 4.69) is 5.32 Å². The Morgan fingerprint density at radius 1 is 1.57 bits per heavy atom. The second kappa shape index (κ2) is 4.60. The van der Waals surface area contributed by atoms with Gasteiger partial charge in [-0.2, -0.15) is 0 Å². The van der Waals surface area contributed by atoms with Crippen LogP contribution in [-0.2, 0) is 0 Å². The summed E-state index contributed by atoms with van der Waals surface area (Å²) in [4.78, 5) is 11.4. The van der Waals surface area contributed by atoms with E-state index < -0.39 is 11.7 Å². The SMILES string of the molecule is CCCNC(=O)c1cccc(N)c1F. The molecule has 76 valence electrons. The number of hydrogen-bond acceptors (Lipinski definition) is 2. The van der Waals surface area contributed by atoms with Crippen LogP contribution < -0.4 is 11.1 Å². The normalized spacial score (nSPS) is 9.86. The van der Waals surface area contributed by atoms with E-state index in [1.165, 1.54) is 12.1 Å². The average Bonchev–Trinajstić information content (AvgIpc) is 2.18. The van der Waals surface area contributed by atoms with Crippen LogP contribution in [0.3, 0.4) is 0 Å². The predicted octanol–water partition coefficient (Wildman–Crippen LogP) is 1.55. The van der Waals surface area contributed by atoms with Gasteiger partial charge in [-0.05, 0) is 18.6 Å². The van der Waals surface area contributed by atoms with Crippen molar-refractivity contribution in [3.63, 3.8) is 0 Å². The first-order chi connectivity index (χ1) is 6.66. The molecule has 1 aromatic rings. The molecule has 4 heteroatoms. The van der Waals surface area contributed by atoms with Crippen molar-refractivity contribution >= 4 is 11.6 Å². The van der Waals surface area contributed by atoms with Crippen molar-refractivity contribution in [2.45, 2.75) is 13.3 Å². The Morgan fingerprint density at radius 2 is 2.29 bits per heavy atom. The summed E-state index contributed by atoms with van der Waals surface area (Å²) in [5.74, 6) is -1.07. The molecule has 0 heterocycles. The van der Waals surface area contributed by atoms with Crippen LogP contribution in [0.5, 0.6) is 0 Å². The fraction of sp³-hybridized carbons (Fsp3) is 0.300. The van der Waals surface area contributed by atoms with Crippen LogP contribution in [0.4, 0.5) is 10.1 Å². The lowest BCUT2D eigenvalue weighted by atomic mass is 10.1. The second-order valence-electron chi connectivity index (χ2n) is 2.96. The molecule has 0 aromatic heterocycles. The molecule has 3 nitrogen and oxygen atoms in total. The molecular formula is C10H13FN2O. The molecule has 1 amide bonds. The van der Waals surface area contributed by atoms with Crippen molar-refractivity contribution in [1.82, 2.24) is 5.32 Å². The van der Waals surface area contributed by atoms with E-state index in [9.17, 15) is 9.18 Å². The molecule has 0 saturated carbocycles. The highest BCUT2D eigenvalue weighted by Gasteiger charge is 2.12. The summed E-state index contributed by atoms with van der Waals surface area (Å²) in [6, 6.07) is 4.39. The van der Waals surface area contributed by atoms with Crippen LogP contribution in [0.1, 0.15) is 23.7 Å². The summed E-state index contributed by atoms with van der Waals surface area (Å²) in [6.45, 7) is 2.46. The van der Waals surface area contributed by atoms with E-state index in [0.29, 0.717) is 6.54 Å². The Kier molecular flexibility index (Phi) is 3.45. The zero-order valence-electron chi connectivity index (χ0n) is 8.01. The highest BCUT2D eigenvalue weighted by Crippen LogP contribution is 2.14. The first-order valence-corrected chi connectivity index (χ1v) is 4.49. The van der Waals surface area contributed by atoms with Crippen LogP contribution >= 0.6 is 0 Å². The van der Waals surface area contributed by atoms with Crippen LogP contribution in [0.2, 0.25) is 0 Å². The van der Waals surface area contributed by atoms with Crippen LogP contribution in [0, 0.1) is 5.82 Å². The molecule has 14 heavy (non-hydrogen) atoms. The van der Waals surface area contributed by atoms with Gasteiger partial charge in [0.1, 0.15) is 0 Å². The van der Waals surface area contributed by atoms with Crippen molar-refractivity contribution in [3.05, 3.63) is 29.6 Å². The monoisotopic (exact) mass is 196 g/mol. The van der Waals surface area contributed by atoms with Gasteiger partial charge >= 0.3 is 0 Å². The summed E-state index contributed by atoms with van der Waals surface area (Å²) in [5.41, 5.74) is 5.33. The zero-order chi connectivity index (χ0) is 10.6. The Balaban J connectivity index is 2.84. The highest BCUT2D eigenvalue weighted by molar-refractivity contribution is 5.95. The number of rotatable bonds is 3. The molecule has 1 aromatic carbocycles. The number of halogens is 1. The minimum absolute atomic E-state index is 0.00144. The fourth-order valence-corrected chi connectivity index (χ4v) is 1.06. The van der Waals surface area contributed by atoms with E-state index in [1.807, 2.05) is 6.92 Å². The molecule has 0 spiro atoms. The summed E-state index contributed by atoms with van der Waals surface area (Å²) in [7, 11) is 0. The van der Waals surface area contributed by atoms with Gasteiger partial charge in [-0.3, -0.25) is 4.79 Å². The number of amides is 1. The molecule has 0 unspecified atom stereocenters. The average molecular weight is 196 g/mol. The topological polar surface area (TPSA) is 55.1 Å². The van der Waals surface area contributed by atoms with Crippen molar-refractivity contribution in [2.24, 2.45) is 0 Å². The summed E-state index contributed by atoms with van der Waals surface area (Å²) >= 11 is 0. The predicted molar refractivity (Wildman–Crippen MR) is 53.4 cm³/mol. The minimum atomic E-state index is -0.652. The first-order valence-electron chi connectivity index (χ1n) is 4.49. The van der Waals surface area contributed by atoms with Crippen molar-refractivity contribution in [3.8, 4) is 0 Å². The summed E-state index contributed by atoms with van der Waals surface area (Å²) in [5, 5.41) is 2.58. The van der Waals surface area contributed by atoms with Gasteiger partial charge in [0, 0.05) is 6.54 Å². The molecule has 1 rings (SSSR count). The summed E-state index contributed by atoms with van der Waals surface area (Å²) < 4.78 is 13.3. The van der Waals surface area contributed by atoms with Gasteiger partial charge in [0.05, 0.1) is 11.3 Å². The van der Waals surface area contributed by atoms with Crippen LogP contribution in [-0.4, -0.2) is 12.5 Å². The molecule has 0 atom stereocenters. The third-order valence-electron chi connectivity index (χ3n) is 1.81. The Morgan fingerprint density at radius 3 is 2.93 bits per heavy atom. The number of carbonyl (C=O) groups excluding carboxylic acids is 1. The van der Waals surface area contributed by atoms with E-state index in [-0.39, 0.29) is 11.3 Å². The minimum Gasteiger partial charge on any atom is -0.396 e. The maximum Gasteiger partial charge on any atom is 0.254 e. The Hall–Kier alpha value is -1.58. The summed E-state index contributed by atoms with van der Waals surface area (Å²) in [6.07, 6.45) is 0.815. The van der Waals surface area contributed by atoms with Gasteiger partial charge in [-0.1, -0.05) is 13.0 Å². The van der Waals surface area contributed by atoms with Gasteiger partial charge in [-0.25, -0.2) is 4.39 Å². The van der Waals surface area contributed by atoms with E-state index >= 15 is 0 Å². The molecular weight excluding hydrogens is 183 g/mol. The zero-order valence-corrected chi connectivity index (χ0v) is 8.01. The number of anilines is 1. The second-order valence-corrected chi connectivity index (χ2v) is 2.96. The van der Waals surface area contributed by atoms with Gasteiger partial charge in [-0.15, -0.1) is 0 Å². The lowest BCUT2D eigenvalue weighted by molar-refractivity contribution is 0.0950. The van der Waals surface area contributed by atoms with Crippen LogP contribution in [0.25, 0.3) is 0 Å². The van der Waals surface area contributed by atoms with Crippen LogP contribution in [0.15, 0.2) is 18.2 Å². The Bertz CT molecular complexity index is 339. The van der Waals surface area contributed by atoms with Crippen molar-refractivity contribution in [2.75, 3.05) is 12.3 Å². The number of carbonyl (C=O) groups is 1. The number of benzene rings is 1. The van der Waals surface area contributed by atoms with Crippen molar-refractivity contribution < 1.29 is 9.18 Å². The van der Waals surface area contributed by atoms with Gasteiger partial charge < -0.3 is 11.1 Å². The number of nitrogen functional groups attached to an aromatic ring is 1. The molecule has 0 radical (unpaired) electrons. The third-order valence-corrected chi connectivity index (χ3v) is 1.81. The third kappa shape index (κ3) is 2.22. The maximum absolute atomic E-state index is 13.3. The first kappa shape index (κ1) is 10.5. The lowest BCUT2D eigenvalue weighted by Gasteiger charge is -2.05. The van der Waals surface area contributed by atoms with Crippen molar-refractivity contribution in [1.29, 1.82) is 0 Å². The smallest absolute Gasteiger partial charge is 0.254 e. The molecule has 0 saturated heterocycles. The van der Waals surface area contributed by atoms with Gasteiger partial charge in [0.2, 0.25) is 0 Å². The molecule has 3 N–H and O–H groups in total. The van der Waals surface area contributed by atoms with E-state index in [1.54, 1.807) is 6.07 Å². The van der Waals surface area contributed by atoms with E-state index in [4.69, 9.17) is 5.73 Å². The standard InChI is InChI=1S/C10H13FN2O/c1-2-6-13-10(14)7-4-3-5-8(12)9(7)11/h3-5H,2,6,12H2,1H3,(H,13,14). The largest absolute Gasteiger partial charge is 0.396 e. The quantitative estimate of drug-likeness (QED) is 0.720. The highest BCUT2D eigenvalue weighted by atomic mass is 19.1. The van der Waals surface area contributed by atoms with Gasteiger partial charge in [0.25, 0.3) is 5.91 Å². The maximum atomic E-state index is 13.3. The molecule has 0 aliphatic rings. The number of nitrogens with two attached hydrogens (primary N) is 1. The van der Waals surface area contributed by atoms with E-state index in [0.717, 1.165) is 6.42 Å². The number of hydrogen-bond donors (Lipinski definition) is 2. The Labute approximate surface area is 82.1 Å². The van der Waals surface area contributed by atoms with Gasteiger partial charge in [0.15, 0.2) is 5.82 Å². The molecule has 0 bridgehead atoms. The molecule has 0 aliphatic carbocycles. The lowest BCUT2D eigenvalue weighted by Crippen LogP contribution is -2.25. The molecule has 0 fully saturated rings.